The zero-order valence-corrected chi connectivity index (χ0v) is 5.61. The number of nitrogens with two attached hydrogens (primary N) is 1. The molecule has 1 aromatic heterocycles. The number of nitrogens with zero attached hydrogens (tertiary/aromatic N) is 2. The van der Waals surface area contributed by atoms with Gasteiger partial charge in [-0.3, -0.25) is 0 Å². The highest BCUT2D eigenvalue weighted by molar-refractivity contribution is 4.48. The Morgan fingerprint density at radius 1 is 1.56 bits per heavy atom. The SMILES string of the molecule is CC(C)N.c1conn1. The first kappa shape index (κ1) is 8.10. The van der Waals surface area contributed by atoms with Crippen LogP contribution in [-0.2, 0) is 0 Å². The molecule has 1 rings (SSSR count). The van der Waals surface area contributed by atoms with Crippen molar-refractivity contribution in [2.45, 2.75) is 19.9 Å². The number of aromatic nitrogens is 2. The average Bonchev–Trinajstić information content (AvgIpc) is 2.11. The van der Waals surface area contributed by atoms with Crippen molar-refractivity contribution in [3.05, 3.63) is 12.5 Å². The molecule has 2 N–H and O–H groups in total. The summed E-state index contributed by atoms with van der Waals surface area (Å²) in [6, 6.07) is 0.333. The Morgan fingerprint density at radius 2 is 2.11 bits per heavy atom. The van der Waals surface area contributed by atoms with Crippen LogP contribution < -0.4 is 5.73 Å². The maximum absolute atomic E-state index is 5.11. The third kappa shape index (κ3) is 11.0. The Bertz CT molecular complexity index is 95.8. The predicted molar refractivity (Wildman–Crippen MR) is 33.6 cm³/mol. The van der Waals surface area contributed by atoms with Gasteiger partial charge in [-0.2, -0.15) is 0 Å². The van der Waals surface area contributed by atoms with E-state index in [2.05, 4.69) is 14.9 Å². The van der Waals surface area contributed by atoms with Gasteiger partial charge in [-0.05, 0) is 6.04 Å². The lowest BCUT2D eigenvalue weighted by molar-refractivity contribution is 0.393. The molecule has 4 nitrogen and oxygen atoms in total. The molecule has 0 fully saturated rings. The minimum Gasteiger partial charge on any atom is -0.346 e. The Morgan fingerprint density at radius 3 is 2.22 bits per heavy atom. The monoisotopic (exact) mass is 129 g/mol. The van der Waals surface area contributed by atoms with Crippen molar-refractivity contribution in [2.75, 3.05) is 0 Å². The quantitative estimate of drug-likeness (QED) is 0.551. The van der Waals surface area contributed by atoms with Crippen molar-refractivity contribution in [3.8, 4) is 0 Å². The van der Waals surface area contributed by atoms with Crippen LogP contribution in [0.1, 0.15) is 13.8 Å². The summed E-state index contributed by atoms with van der Waals surface area (Å²) in [7, 11) is 0. The highest BCUT2D eigenvalue weighted by Gasteiger charge is 1.67. The minimum absolute atomic E-state index is 0.333. The summed E-state index contributed by atoms with van der Waals surface area (Å²) in [6.45, 7) is 3.89. The molecule has 0 saturated carbocycles. The van der Waals surface area contributed by atoms with E-state index < -0.39 is 0 Å². The summed E-state index contributed by atoms with van der Waals surface area (Å²) < 4.78 is 4.22. The summed E-state index contributed by atoms with van der Waals surface area (Å²) in [5, 5.41) is 6.40. The van der Waals surface area contributed by atoms with E-state index in [4.69, 9.17) is 5.73 Å². The molecule has 0 unspecified atom stereocenters. The van der Waals surface area contributed by atoms with Crippen LogP contribution in [-0.4, -0.2) is 16.4 Å². The molecule has 0 saturated heterocycles. The second kappa shape index (κ2) is 5.24. The minimum atomic E-state index is 0.333. The van der Waals surface area contributed by atoms with E-state index in [1.54, 1.807) is 0 Å². The molecule has 52 valence electrons. The molecule has 0 amide bonds. The molecule has 4 heteroatoms. The zero-order valence-electron chi connectivity index (χ0n) is 5.61. The first-order chi connectivity index (χ1) is 4.23. The fourth-order valence-electron chi connectivity index (χ4n) is 0.136. The molecule has 0 radical (unpaired) electrons. The van der Waals surface area contributed by atoms with Crippen molar-refractivity contribution in [3.63, 3.8) is 0 Å². The van der Waals surface area contributed by atoms with E-state index in [0.29, 0.717) is 6.04 Å². The van der Waals surface area contributed by atoms with Gasteiger partial charge in [0.1, 0.15) is 6.26 Å². The lowest BCUT2D eigenvalue weighted by Crippen LogP contribution is -2.06. The zero-order chi connectivity index (χ0) is 7.11. The molecule has 9 heavy (non-hydrogen) atoms. The molecule has 0 spiro atoms. The summed E-state index contributed by atoms with van der Waals surface area (Å²) in [6.07, 6.45) is 2.88. The van der Waals surface area contributed by atoms with Crippen LogP contribution in [0.4, 0.5) is 0 Å². The number of hydrogen-bond acceptors (Lipinski definition) is 4. The van der Waals surface area contributed by atoms with Crippen molar-refractivity contribution in [1.82, 2.24) is 10.4 Å². The van der Waals surface area contributed by atoms with Gasteiger partial charge in [0.25, 0.3) is 0 Å². The average molecular weight is 129 g/mol. The molecule has 0 aliphatic carbocycles. The third-order valence-electron chi connectivity index (χ3n) is 0.283. The molecular formula is C5H11N3O. The third-order valence-corrected chi connectivity index (χ3v) is 0.283. The van der Waals surface area contributed by atoms with Gasteiger partial charge in [0.2, 0.25) is 0 Å². The summed E-state index contributed by atoms with van der Waals surface area (Å²) >= 11 is 0. The lowest BCUT2D eigenvalue weighted by atomic mass is 10.5. The number of rotatable bonds is 0. The van der Waals surface area contributed by atoms with E-state index in [1.807, 2.05) is 13.8 Å². The van der Waals surface area contributed by atoms with Crippen molar-refractivity contribution in [1.29, 1.82) is 0 Å². The van der Waals surface area contributed by atoms with Crippen molar-refractivity contribution < 1.29 is 4.52 Å². The number of hydrogen-bond donors (Lipinski definition) is 1. The summed E-state index contributed by atoms with van der Waals surface area (Å²) in [4.78, 5) is 0. The van der Waals surface area contributed by atoms with Gasteiger partial charge in [-0.1, -0.05) is 13.8 Å². The van der Waals surface area contributed by atoms with Gasteiger partial charge in [-0.25, -0.2) is 0 Å². The Kier molecular flexibility index (Phi) is 4.72. The molecule has 0 aliphatic rings. The molecule has 1 heterocycles. The second-order valence-corrected chi connectivity index (χ2v) is 1.83. The summed E-state index contributed by atoms with van der Waals surface area (Å²) in [5.41, 5.74) is 5.11. The Hall–Kier alpha value is -0.900. The molecule has 1 aromatic rings. The van der Waals surface area contributed by atoms with E-state index in [1.165, 1.54) is 12.5 Å². The molecular weight excluding hydrogens is 118 g/mol. The first-order valence-corrected chi connectivity index (χ1v) is 2.70. The van der Waals surface area contributed by atoms with Crippen molar-refractivity contribution >= 4 is 0 Å². The smallest absolute Gasteiger partial charge is 0.144 e. The van der Waals surface area contributed by atoms with Gasteiger partial charge in [0, 0.05) is 5.27 Å². The Balaban J connectivity index is 0.000000148. The predicted octanol–water partition coefficient (Wildman–Crippen LogP) is 0.423. The maximum atomic E-state index is 5.11. The van der Waals surface area contributed by atoms with E-state index in [9.17, 15) is 0 Å². The van der Waals surface area contributed by atoms with Crippen LogP contribution in [0.25, 0.3) is 0 Å². The van der Waals surface area contributed by atoms with Gasteiger partial charge in [0.05, 0.1) is 6.20 Å². The largest absolute Gasteiger partial charge is 0.346 e. The van der Waals surface area contributed by atoms with Crippen LogP contribution in [0.15, 0.2) is 17.0 Å². The highest BCUT2D eigenvalue weighted by atomic mass is 16.5. The molecule has 0 bridgehead atoms. The van der Waals surface area contributed by atoms with E-state index >= 15 is 0 Å². The molecule has 0 aliphatic heterocycles. The van der Waals surface area contributed by atoms with Gasteiger partial charge in [-0.15, -0.1) is 5.10 Å². The standard InChI is InChI=1S/C3H9N.C2H2N2O/c1-3(2)4;1-2-5-4-3-1/h3H,4H2,1-2H3;1-2H. The highest BCUT2D eigenvalue weighted by Crippen LogP contribution is 1.64. The topological polar surface area (TPSA) is 64.9 Å². The van der Waals surface area contributed by atoms with Crippen molar-refractivity contribution in [2.24, 2.45) is 5.73 Å². The second-order valence-electron chi connectivity index (χ2n) is 1.83. The lowest BCUT2D eigenvalue weighted by Gasteiger charge is -1.81. The fraction of sp³-hybridized carbons (Fsp3) is 0.600. The van der Waals surface area contributed by atoms with Crippen LogP contribution >= 0.6 is 0 Å². The van der Waals surface area contributed by atoms with Crippen LogP contribution in [0.2, 0.25) is 0 Å². The van der Waals surface area contributed by atoms with Crippen LogP contribution in [0, 0.1) is 0 Å². The van der Waals surface area contributed by atoms with Gasteiger partial charge >= 0.3 is 0 Å². The molecule has 0 aromatic carbocycles. The maximum Gasteiger partial charge on any atom is 0.144 e. The van der Waals surface area contributed by atoms with Crippen LogP contribution in [0.3, 0.4) is 0 Å². The van der Waals surface area contributed by atoms with Gasteiger partial charge < -0.3 is 10.3 Å². The van der Waals surface area contributed by atoms with E-state index in [0.717, 1.165) is 0 Å². The first-order valence-electron chi connectivity index (χ1n) is 2.70. The molecule has 0 atom stereocenters. The van der Waals surface area contributed by atoms with E-state index in [-0.39, 0.29) is 0 Å². The Labute approximate surface area is 54.0 Å². The normalized spacial score (nSPS) is 8.44. The van der Waals surface area contributed by atoms with Crippen LogP contribution in [0.5, 0.6) is 0 Å². The fourth-order valence-corrected chi connectivity index (χ4v) is 0.136. The van der Waals surface area contributed by atoms with Gasteiger partial charge in [0.15, 0.2) is 0 Å². The summed E-state index contributed by atoms with van der Waals surface area (Å²) in [5.74, 6) is 0.